The highest BCUT2D eigenvalue weighted by Crippen LogP contribution is 2.33. The molecule has 0 saturated carbocycles. The number of likely N-dealkylation sites (N-methyl/N-ethyl adjacent to an activating group) is 1. The van der Waals surface area contributed by atoms with Crippen molar-refractivity contribution in [1.29, 1.82) is 0 Å². The molecule has 11 heteroatoms. The summed E-state index contributed by atoms with van der Waals surface area (Å²) in [5.74, 6) is -2.30. The minimum absolute atomic E-state index is 0.0409. The smallest absolute Gasteiger partial charge is 0.357 e. The van der Waals surface area contributed by atoms with Crippen LogP contribution < -0.4 is 10.6 Å². The second-order valence-electron chi connectivity index (χ2n) is 7.64. The normalized spacial score (nSPS) is 16.7. The molecular formula is C20H24F3N5O3. The summed E-state index contributed by atoms with van der Waals surface area (Å²) < 4.78 is 41.1. The van der Waals surface area contributed by atoms with Crippen LogP contribution in [0.25, 0.3) is 11.0 Å². The van der Waals surface area contributed by atoms with Crippen molar-refractivity contribution in [3.63, 3.8) is 0 Å². The maximum absolute atomic E-state index is 13.3. The van der Waals surface area contributed by atoms with Crippen molar-refractivity contribution in [2.75, 3.05) is 20.1 Å². The van der Waals surface area contributed by atoms with Crippen molar-refractivity contribution in [3.8, 4) is 0 Å². The number of rotatable bonds is 5. The van der Waals surface area contributed by atoms with Gasteiger partial charge in [-0.05, 0) is 44.9 Å². The first-order valence-electron chi connectivity index (χ1n) is 9.93. The molecule has 3 amide bonds. The quantitative estimate of drug-likeness (QED) is 0.746. The van der Waals surface area contributed by atoms with Gasteiger partial charge in [0.15, 0.2) is 0 Å². The first kappa shape index (κ1) is 22.6. The monoisotopic (exact) mass is 439 g/mol. The van der Waals surface area contributed by atoms with Crippen LogP contribution in [0.5, 0.6) is 0 Å². The van der Waals surface area contributed by atoms with Crippen LogP contribution in [0.4, 0.5) is 13.2 Å². The number of amides is 3. The number of alkyl halides is 3. The summed E-state index contributed by atoms with van der Waals surface area (Å²) in [7, 11) is 1.49. The first-order valence-corrected chi connectivity index (χ1v) is 9.93. The Morgan fingerprint density at radius 3 is 2.58 bits per heavy atom. The number of halogens is 3. The van der Waals surface area contributed by atoms with Gasteiger partial charge in [-0.25, -0.2) is 4.98 Å². The highest BCUT2D eigenvalue weighted by molar-refractivity contribution is 5.99. The highest BCUT2D eigenvalue weighted by atomic mass is 19.4. The number of fused-ring (bicyclic) bond motifs is 1. The van der Waals surface area contributed by atoms with Crippen molar-refractivity contribution >= 4 is 28.8 Å². The molecule has 168 valence electrons. The fraction of sp³-hybridized carbons (Fsp3) is 0.500. The lowest BCUT2D eigenvalue weighted by Gasteiger charge is -2.23. The summed E-state index contributed by atoms with van der Waals surface area (Å²) >= 11 is 0. The average molecular weight is 439 g/mol. The molecule has 2 N–H and O–H groups in total. The van der Waals surface area contributed by atoms with E-state index in [2.05, 4.69) is 15.6 Å². The zero-order valence-electron chi connectivity index (χ0n) is 17.4. The van der Waals surface area contributed by atoms with Crippen LogP contribution in [0.1, 0.15) is 48.9 Å². The third-order valence-electron chi connectivity index (χ3n) is 5.24. The maximum atomic E-state index is 13.3. The molecule has 1 unspecified atom stereocenters. The largest absolute Gasteiger partial charge is 0.449 e. The molecule has 3 rings (SSSR count). The Hall–Kier alpha value is -3.11. The van der Waals surface area contributed by atoms with Crippen molar-refractivity contribution in [3.05, 3.63) is 29.6 Å². The van der Waals surface area contributed by atoms with Crippen molar-refractivity contribution < 1.29 is 27.6 Å². The number of nitrogens with zero attached hydrogens (tertiary/aromatic N) is 3. The number of aromatic nitrogens is 2. The van der Waals surface area contributed by atoms with E-state index in [0.717, 1.165) is 4.57 Å². The van der Waals surface area contributed by atoms with Gasteiger partial charge in [-0.2, -0.15) is 13.2 Å². The first-order chi connectivity index (χ1) is 14.5. The zero-order chi connectivity index (χ0) is 22.9. The maximum Gasteiger partial charge on any atom is 0.449 e. The summed E-state index contributed by atoms with van der Waals surface area (Å²) in [6.45, 7) is 3.34. The van der Waals surface area contributed by atoms with E-state index in [9.17, 15) is 27.6 Å². The number of carbonyl (C=O) groups is 3. The molecule has 2 heterocycles. The molecule has 0 aliphatic carbocycles. The highest BCUT2D eigenvalue weighted by Gasteiger charge is 2.38. The Bertz CT molecular complexity index is 1020. The lowest BCUT2D eigenvalue weighted by molar-refractivity contribution is -0.147. The van der Waals surface area contributed by atoms with Crippen LogP contribution in [0.2, 0.25) is 0 Å². The molecule has 2 aromatic rings. The lowest BCUT2D eigenvalue weighted by Crippen LogP contribution is -2.48. The van der Waals surface area contributed by atoms with Gasteiger partial charge in [-0.3, -0.25) is 14.4 Å². The Labute approximate surface area is 176 Å². The Balaban J connectivity index is 1.76. The van der Waals surface area contributed by atoms with Crippen LogP contribution >= 0.6 is 0 Å². The topological polar surface area (TPSA) is 96.3 Å². The Kier molecular flexibility index (Phi) is 6.23. The predicted octanol–water partition coefficient (Wildman–Crippen LogP) is 2.10. The standard InChI is InChI=1S/C20H24F3N5O3/c1-11(2)28-14-7-6-12(9-13(14)26-19(28)20(21,22)23)17(30)25-10-16(29)27-8-4-5-15(27)18(31)24-3/h6-7,9,11,15H,4-5,8,10H2,1-3H3,(H,24,31)(H,25,30). The minimum atomic E-state index is -4.63. The molecule has 0 radical (unpaired) electrons. The Morgan fingerprint density at radius 2 is 1.97 bits per heavy atom. The van der Waals surface area contributed by atoms with Gasteiger partial charge in [0.05, 0.1) is 17.6 Å². The molecule has 1 aliphatic heterocycles. The van der Waals surface area contributed by atoms with Gasteiger partial charge >= 0.3 is 6.18 Å². The molecule has 0 bridgehead atoms. The molecule has 1 atom stereocenters. The molecule has 1 saturated heterocycles. The number of nitrogens with one attached hydrogen (secondary N) is 2. The second kappa shape index (κ2) is 8.56. The summed E-state index contributed by atoms with van der Waals surface area (Å²) in [4.78, 5) is 41.9. The van der Waals surface area contributed by atoms with Gasteiger partial charge in [0.1, 0.15) is 6.04 Å². The predicted molar refractivity (Wildman–Crippen MR) is 106 cm³/mol. The van der Waals surface area contributed by atoms with Crippen LogP contribution in [-0.4, -0.2) is 58.4 Å². The van der Waals surface area contributed by atoms with Gasteiger partial charge in [0.25, 0.3) is 5.91 Å². The number of hydrogen-bond acceptors (Lipinski definition) is 4. The van der Waals surface area contributed by atoms with E-state index in [0.29, 0.717) is 19.4 Å². The third-order valence-corrected chi connectivity index (χ3v) is 5.24. The van der Waals surface area contributed by atoms with Crippen LogP contribution in [-0.2, 0) is 15.8 Å². The number of likely N-dealkylation sites (tertiary alicyclic amines) is 1. The second-order valence-corrected chi connectivity index (χ2v) is 7.64. The van der Waals surface area contributed by atoms with Crippen LogP contribution in [0.15, 0.2) is 18.2 Å². The minimum Gasteiger partial charge on any atom is -0.357 e. The van der Waals surface area contributed by atoms with Crippen molar-refractivity contribution in [1.82, 2.24) is 25.1 Å². The summed E-state index contributed by atoms with van der Waals surface area (Å²) in [6.07, 6.45) is -3.39. The Morgan fingerprint density at radius 1 is 1.26 bits per heavy atom. The van der Waals surface area contributed by atoms with E-state index in [1.807, 2.05) is 0 Å². The van der Waals surface area contributed by atoms with E-state index in [1.54, 1.807) is 13.8 Å². The van der Waals surface area contributed by atoms with Crippen LogP contribution in [0, 0.1) is 0 Å². The van der Waals surface area contributed by atoms with Crippen LogP contribution in [0.3, 0.4) is 0 Å². The summed E-state index contributed by atoms with van der Waals surface area (Å²) in [5, 5.41) is 4.99. The molecule has 1 aliphatic rings. The fourth-order valence-electron chi connectivity index (χ4n) is 3.83. The number of carbonyl (C=O) groups excluding carboxylic acids is 3. The van der Waals surface area contributed by atoms with E-state index in [-0.39, 0.29) is 29.0 Å². The third kappa shape index (κ3) is 4.49. The number of benzene rings is 1. The molecule has 1 aromatic carbocycles. The molecule has 8 nitrogen and oxygen atoms in total. The van der Waals surface area contributed by atoms with Crippen molar-refractivity contribution in [2.24, 2.45) is 0 Å². The van der Waals surface area contributed by atoms with Gasteiger partial charge < -0.3 is 20.1 Å². The summed E-state index contributed by atoms with van der Waals surface area (Å²) in [5.41, 5.74) is 0.395. The van der Waals surface area contributed by atoms with Gasteiger partial charge in [-0.15, -0.1) is 0 Å². The van der Waals surface area contributed by atoms with Crippen molar-refractivity contribution in [2.45, 2.75) is 44.9 Å². The van der Waals surface area contributed by atoms with E-state index in [1.165, 1.54) is 30.1 Å². The molecular weight excluding hydrogens is 415 g/mol. The summed E-state index contributed by atoms with van der Waals surface area (Å²) in [6, 6.07) is 3.04. The van der Waals surface area contributed by atoms with Gasteiger partial charge in [-0.1, -0.05) is 0 Å². The lowest BCUT2D eigenvalue weighted by atomic mass is 10.1. The molecule has 1 fully saturated rings. The number of hydrogen-bond donors (Lipinski definition) is 2. The van der Waals surface area contributed by atoms with E-state index in [4.69, 9.17) is 0 Å². The fourth-order valence-corrected chi connectivity index (χ4v) is 3.83. The number of imidazole rings is 1. The molecule has 31 heavy (non-hydrogen) atoms. The molecule has 1 aromatic heterocycles. The van der Waals surface area contributed by atoms with E-state index >= 15 is 0 Å². The SMILES string of the molecule is CNC(=O)C1CCCN1C(=O)CNC(=O)c1ccc2c(c1)nc(C(F)(F)F)n2C(C)C. The van der Waals surface area contributed by atoms with Gasteiger partial charge in [0.2, 0.25) is 17.6 Å². The van der Waals surface area contributed by atoms with E-state index < -0.39 is 35.9 Å². The molecule has 0 spiro atoms. The zero-order valence-corrected chi connectivity index (χ0v) is 17.4. The average Bonchev–Trinajstić information content (AvgIpc) is 3.35. The van der Waals surface area contributed by atoms with Gasteiger partial charge in [0, 0.05) is 25.2 Å².